The third kappa shape index (κ3) is 2.39. The fourth-order valence-corrected chi connectivity index (χ4v) is 4.14. The average molecular weight is 294 g/mol. The predicted octanol–water partition coefficient (Wildman–Crippen LogP) is 4.20. The molecule has 1 aromatic rings. The lowest BCUT2D eigenvalue weighted by atomic mass is 9.78. The van der Waals surface area contributed by atoms with E-state index in [1.54, 1.807) is 6.07 Å². The van der Waals surface area contributed by atoms with Gasteiger partial charge in [0.1, 0.15) is 5.56 Å². The van der Waals surface area contributed by atoms with E-state index >= 15 is 0 Å². The van der Waals surface area contributed by atoms with Crippen molar-refractivity contribution in [2.24, 2.45) is 5.92 Å². The van der Waals surface area contributed by atoms with E-state index < -0.39 is 5.97 Å². The highest BCUT2D eigenvalue weighted by atomic mass is 35.5. The molecule has 2 aliphatic rings. The predicted molar refractivity (Wildman–Crippen MR) is 80.7 cm³/mol. The molecule has 0 bridgehead atoms. The zero-order chi connectivity index (χ0) is 14.1. The molecule has 3 nitrogen and oxygen atoms in total. The lowest BCUT2D eigenvalue weighted by Gasteiger charge is -2.45. The number of piperidine rings is 1. The van der Waals surface area contributed by atoms with Crippen LogP contribution in [0.4, 0.5) is 5.69 Å². The highest BCUT2D eigenvalue weighted by Gasteiger charge is 2.35. The van der Waals surface area contributed by atoms with E-state index in [9.17, 15) is 9.90 Å². The minimum atomic E-state index is -0.927. The fourth-order valence-electron chi connectivity index (χ4n) is 3.89. The Morgan fingerprint density at radius 3 is 2.75 bits per heavy atom. The molecule has 0 spiro atoms. The van der Waals surface area contributed by atoms with Crippen LogP contribution < -0.4 is 4.90 Å². The molecule has 1 heterocycles. The summed E-state index contributed by atoms with van der Waals surface area (Å²) in [5, 5.41) is 9.80. The first-order valence-corrected chi connectivity index (χ1v) is 7.84. The summed E-state index contributed by atoms with van der Waals surface area (Å²) in [5.74, 6) is -0.207. The molecule has 4 heteroatoms. The Hall–Kier alpha value is -1.22. The number of carbonyl (C=O) groups is 1. The first-order chi connectivity index (χ1) is 9.68. The van der Waals surface area contributed by atoms with Gasteiger partial charge in [-0.05, 0) is 43.7 Å². The Bertz CT molecular complexity index is 515. The number of hydrogen-bond acceptors (Lipinski definition) is 2. The number of nitrogens with zero attached hydrogens (tertiary/aromatic N) is 1. The highest BCUT2D eigenvalue weighted by Crippen LogP contribution is 2.39. The summed E-state index contributed by atoms with van der Waals surface area (Å²) < 4.78 is 0. The van der Waals surface area contributed by atoms with Crippen LogP contribution in [0.1, 0.15) is 48.9 Å². The Morgan fingerprint density at radius 1 is 1.20 bits per heavy atom. The van der Waals surface area contributed by atoms with Gasteiger partial charge < -0.3 is 10.0 Å². The van der Waals surface area contributed by atoms with Gasteiger partial charge in [0.05, 0.1) is 10.7 Å². The number of anilines is 1. The van der Waals surface area contributed by atoms with Crippen molar-refractivity contribution in [1.82, 2.24) is 0 Å². The van der Waals surface area contributed by atoms with Crippen LogP contribution in [0, 0.1) is 5.92 Å². The van der Waals surface area contributed by atoms with E-state index in [1.807, 2.05) is 12.1 Å². The minimum absolute atomic E-state index is 0.264. The van der Waals surface area contributed by atoms with Crippen molar-refractivity contribution in [2.45, 2.75) is 44.6 Å². The van der Waals surface area contributed by atoms with E-state index in [1.165, 1.54) is 32.1 Å². The topological polar surface area (TPSA) is 40.5 Å². The van der Waals surface area contributed by atoms with Gasteiger partial charge in [0.2, 0.25) is 0 Å². The minimum Gasteiger partial charge on any atom is -0.478 e. The summed E-state index contributed by atoms with van der Waals surface area (Å²) in [4.78, 5) is 13.8. The number of carboxylic acids is 1. The molecule has 1 aliphatic heterocycles. The normalized spacial score (nSPS) is 26.1. The summed E-state index contributed by atoms with van der Waals surface area (Å²) >= 11 is 6.11. The second kappa shape index (κ2) is 5.65. The van der Waals surface area contributed by atoms with Crippen LogP contribution >= 0.6 is 11.6 Å². The lowest BCUT2D eigenvalue weighted by molar-refractivity contribution is 0.0697. The van der Waals surface area contributed by atoms with Gasteiger partial charge in [0.25, 0.3) is 0 Å². The van der Waals surface area contributed by atoms with Crippen molar-refractivity contribution in [3.63, 3.8) is 0 Å². The lowest BCUT2D eigenvalue weighted by Crippen LogP contribution is -2.47. The number of halogens is 1. The molecule has 1 N–H and O–H groups in total. The first-order valence-electron chi connectivity index (χ1n) is 7.47. The Balaban J connectivity index is 1.99. The Morgan fingerprint density at radius 2 is 1.95 bits per heavy atom. The molecular weight excluding hydrogens is 274 g/mol. The molecular formula is C16H20ClNO2. The molecule has 108 valence electrons. The van der Waals surface area contributed by atoms with Crippen LogP contribution in [-0.2, 0) is 0 Å². The smallest absolute Gasteiger partial charge is 0.339 e. The van der Waals surface area contributed by atoms with Crippen LogP contribution in [-0.4, -0.2) is 23.7 Å². The second-order valence-corrected chi connectivity index (χ2v) is 6.29. The summed E-state index contributed by atoms with van der Waals surface area (Å²) in [5.41, 5.74) is 1.07. The Kier molecular flexibility index (Phi) is 3.88. The standard InChI is InChI=1S/C16H20ClNO2/c17-12-7-3-9-14(15(12)16(19)20)18-10-4-6-11-5-1-2-8-13(11)18/h3,7,9,11,13H,1-2,4-6,8,10H2,(H,19,20). The zero-order valence-electron chi connectivity index (χ0n) is 11.5. The van der Waals surface area contributed by atoms with Gasteiger partial charge >= 0.3 is 5.97 Å². The van der Waals surface area contributed by atoms with Crippen molar-refractivity contribution >= 4 is 23.3 Å². The molecule has 20 heavy (non-hydrogen) atoms. The van der Waals surface area contributed by atoms with Crippen LogP contribution in [0.3, 0.4) is 0 Å². The van der Waals surface area contributed by atoms with Crippen LogP contribution in [0.25, 0.3) is 0 Å². The fraction of sp³-hybridized carbons (Fsp3) is 0.562. The van der Waals surface area contributed by atoms with Crippen molar-refractivity contribution in [1.29, 1.82) is 0 Å². The van der Waals surface area contributed by atoms with Crippen LogP contribution in [0.2, 0.25) is 5.02 Å². The molecule has 1 saturated carbocycles. The molecule has 3 rings (SSSR count). The molecule has 2 atom stereocenters. The maximum atomic E-state index is 11.5. The molecule has 1 saturated heterocycles. The molecule has 0 radical (unpaired) electrons. The summed E-state index contributed by atoms with van der Waals surface area (Å²) in [6.45, 7) is 0.946. The van der Waals surface area contributed by atoms with E-state index in [0.717, 1.165) is 24.6 Å². The van der Waals surface area contributed by atoms with Gasteiger partial charge in [0, 0.05) is 12.6 Å². The van der Waals surface area contributed by atoms with Gasteiger partial charge in [-0.15, -0.1) is 0 Å². The SMILES string of the molecule is O=C(O)c1c(Cl)cccc1N1CCCC2CCCCC21. The molecule has 0 amide bonds. The monoisotopic (exact) mass is 293 g/mol. The van der Waals surface area contributed by atoms with E-state index in [2.05, 4.69) is 4.90 Å². The largest absolute Gasteiger partial charge is 0.478 e. The van der Waals surface area contributed by atoms with Crippen LogP contribution in [0.15, 0.2) is 18.2 Å². The average Bonchev–Trinajstić information content (AvgIpc) is 2.46. The maximum absolute atomic E-state index is 11.5. The molecule has 0 aromatic heterocycles. The number of aromatic carboxylic acids is 1. The summed E-state index contributed by atoms with van der Waals surface area (Å²) in [6.07, 6.45) is 7.45. The molecule has 2 unspecified atom stereocenters. The summed E-state index contributed by atoms with van der Waals surface area (Å²) in [6, 6.07) is 5.92. The van der Waals surface area contributed by atoms with Crippen LogP contribution in [0.5, 0.6) is 0 Å². The number of hydrogen-bond donors (Lipinski definition) is 1. The van der Waals surface area contributed by atoms with Gasteiger partial charge in [0.15, 0.2) is 0 Å². The van der Waals surface area contributed by atoms with Gasteiger partial charge in [-0.1, -0.05) is 30.5 Å². The number of fused-ring (bicyclic) bond motifs is 1. The van der Waals surface area contributed by atoms with Gasteiger partial charge in [-0.2, -0.15) is 0 Å². The number of rotatable bonds is 2. The van der Waals surface area contributed by atoms with Crippen molar-refractivity contribution in [3.8, 4) is 0 Å². The van der Waals surface area contributed by atoms with Crippen molar-refractivity contribution < 1.29 is 9.90 Å². The third-order valence-corrected chi connectivity index (χ3v) is 5.07. The third-order valence-electron chi connectivity index (χ3n) is 4.76. The van der Waals surface area contributed by atoms with Crippen molar-refractivity contribution in [2.75, 3.05) is 11.4 Å². The quantitative estimate of drug-likeness (QED) is 0.888. The maximum Gasteiger partial charge on any atom is 0.339 e. The Labute approximate surface area is 124 Å². The molecule has 1 aliphatic carbocycles. The first kappa shape index (κ1) is 13.7. The number of carboxylic acid groups (broad SMARTS) is 1. The zero-order valence-corrected chi connectivity index (χ0v) is 12.3. The van der Waals surface area contributed by atoms with Gasteiger partial charge in [-0.3, -0.25) is 0 Å². The highest BCUT2D eigenvalue weighted by molar-refractivity contribution is 6.34. The second-order valence-electron chi connectivity index (χ2n) is 5.89. The summed E-state index contributed by atoms with van der Waals surface area (Å²) in [7, 11) is 0. The van der Waals surface area contributed by atoms with E-state index in [4.69, 9.17) is 11.6 Å². The molecule has 2 fully saturated rings. The van der Waals surface area contributed by atoms with Crippen molar-refractivity contribution in [3.05, 3.63) is 28.8 Å². The van der Waals surface area contributed by atoms with Gasteiger partial charge in [-0.25, -0.2) is 4.79 Å². The number of benzene rings is 1. The molecule has 1 aromatic carbocycles. The van der Waals surface area contributed by atoms with E-state index in [-0.39, 0.29) is 5.56 Å². The van der Waals surface area contributed by atoms with E-state index in [0.29, 0.717) is 11.1 Å².